The molecule has 3 unspecified atom stereocenters. The van der Waals surface area contributed by atoms with E-state index < -0.39 is 0 Å². The van der Waals surface area contributed by atoms with E-state index in [4.69, 9.17) is 4.74 Å². The minimum Gasteiger partial charge on any atom is -0.465 e. The first-order valence-corrected chi connectivity index (χ1v) is 8.08. The molecule has 2 nitrogen and oxygen atoms in total. The molecular formula is C20H20O2. The molecule has 2 aromatic carbocycles. The molecule has 1 aliphatic heterocycles. The molecule has 1 spiro atoms. The fraction of sp³-hybridized carbons (Fsp3) is 0.350. The molecule has 3 atom stereocenters. The second kappa shape index (κ2) is 5.28. The predicted molar refractivity (Wildman–Crippen MR) is 85.6 cm³/mol. The van der Waals surface area contributed by atoms with Gasteiger partial charge in [0, 0.05) is 5.41 Å². The van der Waals surface area contributed by atoms with Crippen molar-refractivity contribution in [1.82, 2.24) is 0 Å². The molecule has 1 saturated carbocycles. The summed E-state index contributed by atoms with van der Waals surface area (Å²) in [7, 11) is 0. The maximum atomic E-state index is 12.5. The zero-order valence-electron chi connectivity index (χ0n) is 12.6. The average molecular weight is 292 g/mol. The topological polar surface area (TPSA) is 26.3 Å². The van der Waals surface area contributed by atoms with Crippen molar-refractivity contribution in [2.45, 2.75) is 31.1 Å². The Hall–Kier alpha value is -2.09. The number of cyclic esters (lactones) is 1. The van der Waals surface area contributed by atoms with Gasteiger partial charge in [0.25, 0.3) is 0 Å². The Morgan fingerprint density at radius 2 is 1.55 bits per heavy atom. The highest BCUT2D eigenvalue weighted by atomic mass is 16.5. The van der Waals surface area contributed by atoms with Crippen molar-refractivity contribution in [3.8, 4) is 0 Å². The lowest BCUT2D eigenvalue weighted by molar-refractivity contribution is -0.139. The molecule has 1 heterocycles. The summed E-state index contributed by atoms with van der Waals surface area (Å²) in [4.78, 5) is 12.5. The van der Waals surface area contributed by atoms with E-state index in [1.807, 2.05) is 18.2 Å². The number of rotatable bonds is 2. The first-order chi connectivity index (χ1) is 10.8. The Balaban J connectivity index is 1.79. The largest absolute Gasteiger partial charge is 0.465 e. The summed E-state index contributed by atoms with van der Waals surface area (Å²) in [6.07, 6.45) is 3.38. The molecule has 2 aliphatic rings. The fourth-order valence-corrected chi connectivity index (χ4v) is 4.52. The third kappa shape index (κ3) is 1.98. The summed E-state index contributed by atoms with van der Waals surface area (Å²) in [5.41, 5.74) is 2.38. The molecule has 2 aromatic rings. The smallest absolute Gasteiger partial charge is 0.314 e. The minimum absolute atomic E-state index is 0.0472. The van der Waals surface area contributed by atoms with Crippen LogP contribution in [0.3, 0.4) is 0 Å². The van der Waals surface area contributed by atoms with Gasteiger partial charge in [0.05, 0.1) is 12.5 Å². The van der Waals surface area contributed by atoms with E-state index in [1.165, 1.54) is 12.0 Å². The molecular weight excluding hydrogens is 272 g/mol. The van der Waals surface area contributed by atoms with Crippen LogP contribution in [0.25, 0.3) is 0 Å². The Labute approximate surface area is 131 Å². The molecule has 0 radical (unpaired) electrons. The van der Waals surface area contributed by atoms with Crippen molar-refractivity contribution in [3.05, 3.63) is 71.8 Å². The van der Waals surface area contributed by atoms with Gasteiger partial charge >= 0.3 is 5.97 Å². The molecule has 0 aromatic heterocycles. The minimum atomic E-state index is -0.124. The number of hydrogen-bond donors (Lipinski definition) is 0. The first-order valence-electron chi connectivity index (χ1n) is 8.08. The number of ether oxygens (including phenoxy) is 1. The summed E-state index contributed by atoms with van der Waals surface area (Å²) in [5, 5.41) is 0. The zero-order valence-corrected chi connectivity index (χ0v) is 12.6. The van der Waals surface area contributed by atoms with E-state index >= 15 is 0 Å². The van der Waals surface area contributed by atoms with Crippen LogP contribution >= 0.6 is 0 Å². The van der Waals surface area contributed by atoms with Crippen molar-refractivity contribution in [3.63, 3.8) is 0 Å². The van der Waals surface area contributed by atoms with Gasteiger partial charge in [-0.15, -0.1) is 0 Å². The maximum Gasteiger partial charge on any atom is 0.314 e. The predicted octanol–water partition coefficient (Wildman–Crippen LogP) is 4.28. The van der Waals surface area contributed by atoms with E-state index in [9.17, 15) is 4.79 Å². The number of benzene rings is 2. The fourth-order valence-electron chi connectivity index (χ4n) is 4.52. The average Bonchev–Trinajstić information content (AvgIpc) is 3.14. The highest BCUT2D eigenvalue weighted by Gasteiger charge is 2.57. The van der Waals surface area contributed by atoms with Crippen LogP contribution < -0.4 is 0 Å². The number of carbonyl (C=O) groups is 1. The number of esters is 1. The lowest BCUT2D eigenvalue weighted by atomic mass is 9.65. The second-order valence-electron chi connectivity index (χ2n) is 6.54. The molecule has 22 heavy (non-hydrogen) atoms. The number of hydrogen-bond acceptors (Lipinski definition) is 2. The molecule has 0 bridgehead atoms. The van der Waals surface area contributed by atoms with E-state index in [0.29, 0.717) is 12.5 Å². The lowest BCUT2D eigenvalue weighted by Crippen LogP contribution is -2.32. The summed E-state index contributed by atoms with van der Waals surface area (Å²) in [5.74, 6) is 0.237. The van der Waals surface area contributed by atoms with Gasteiger partial charge < -0.3 is 4.74 Å². The molecule has 1 saturated heterocycles. The molecule has 4 rings (SSSR count). The zero-order chi connectivity index (χ0) is 15.0. The highest BCUT2D eigenvalue weighted by Crippen LogP contribution is 2.60. The SMILES string of the molecule is O=C1OCC2(CCCC2c2ccccc2)C1c1ccccc1. The van der Waals surface area contributed by atoms with E-state index in [0.717, 1.165) is 18.4 Å². The third-order valence-electron chi connectivity index (χ3n) is 5.46. The van der Waals surface area contributed by atoms with Gasteiger partial charge in [-0.2, -0.15) is 0 Å². The normalized spacial score (nSPS) is 30.6. The lowest BCUT2D eigenvalue weighted by Gasteiger charge is -2.34. The van der Waals surface area contributed by atoms with Gasteiger partial charge in [0.15, 0.2) is 0 Å². The van der Waals surface area contributed by atoms with Crippen molar-refractivity contribution in [2.24, 2.45) is 5.41 Å². The molecule has 0 N–H and O–H groups in total. The van der Waals surface area contributed by atoms with Gasteiger partial charge in [-0.05, 0) is 29.9 Å². The Bertz CT molecular complexity index is 665. The van der Waals surface area contributed by atoms with Gasteiger partial charge in [0.1, 0.15) is 0 Å². The van der Waals surface area contributed by atoms with E-state index in [-0.39, 0.29) is 17.3 Å². The van der Waals surface area contributed by atoms with Crippen LogP contribution in [0.5, 0.6) is 0 Å². The first kappa shape index (κ1) is 13.6. The summed E-state index contributed by atoms with van der Waals surface area (Å²) in [6.45, 7) is 0.560. The third-order valence-corrected chi connectivity index (χ3v) is 5.46. The van der Waals surface area contributed by atoms with E-state index in [2.05, 4.69) is 42.5 Å². The molecule has 0 amide bonds. The molecule has 2 heteroatoms. The van der Waals surface area contributed by atoms with Gasteiger partial charge in [-0.1, -0.05) is 67.1 Å². The Morgan fingerprint density at radius 1 is 0.909 bits per heavy atom. The van der Waals surface area contributed by atoms with Crippen LogP contribution in [0.1, 0.15) is 42.2 Å². The Morgan fingerprint density at radius 3 is 2.23 bits per heavy atom. The van der Waals surface area contributed by atoms with Gasteiger partial charge in [-0.3, -0.25) is 4.79 Å². The van der Waals surface area contributed by atoms with Crippen molar-refractivity contribution in [2.75, 3.05) is 6.61 Å². The van der Waals surface area contributed by atoms with Crippen molar-refractivity contribution >= 4 is 5.97 Å². The van der Waals surface area contributed by atoms with Crippen LogP contribution in [0.15, 0.2) is 60.7 Å². The van der Waals surface area contributed by atoms with Crippen molar-refractivity contribution < 1.29 is 9.53 Å². The van der Waals surface area contributed by atoms with E-state index in [1.54, 1.807) is 0 Å². The number of carbonyl (C=O) groups excluding carboxylic acids is 1. The van der Waals surface area contributed by atoms with Gasteiger partial charge in [0.2, 0.25) is 0 Å². The molecule has 1 aliphatic carbocycles. The second-order valence-corrected chi connectivity index (χ2v) is 6.54. The summed E-state index contributed by atoms with van der Waals surface area (Å²) < 4.78 is 5.57. The van der Waals surface area contributed by atoms with Crippen molar-refractivity contribution in [1.29, 1.82) is 0 Å². The molecule has 112 valence electrons. The standard InChI is InChI=1S/C20H20O2/c21-19-18(16-10-5-2-6-11-16)20(14-22-19)13-7-12-17(20)15-8-3-1-4-9-15/h1-6,8-11,17-18H,7,12-14H2. The van der Waals surface area contributed by atoms with Crippen LogP contribution in [0.2, 0.25) is 0 Å². The molecule has 2 fully saturated rings. The summed E-state index contributed by atoms with van der Waals surface area (Å²) in [6, 6.07) is 20.8. The highest BCUT2D eigenvalue weighted by molar-refractivity contribution is 5.82. The monoisotopic (exact) mass is 292 g/mol. The summed E-state index contributed by atoms with van der Waals surface area (Å²) >= 11 is 0. The van der Waals surface area contributed by atoms with Crippen LogP contribution in [0.4, 0.5) is 0 Å². The van der Waals surface area contributed by atoms with Crippen LogP contribution in [-0.2, 0) is 9.53 Å². The van der Waals surface area contributed by atoms with Crippen LogP contribution in [0, 0.1) is 5.41 Å². The maximum absolute atomic E-state index is 12.5. The van der Waals surface area contributed by atoms with Crippen LogP contribution in [-0.4, -0.2) is 12.6 Å². The Kier molecular flexibility index (Phi) is 3.25. The van der Waals surface area contributed by atoms with Gasteiger partial charge in [-0.25, -0.2) is 0 Å². The quantitative estimate of drug-likeness (QED) is 0.772.